The third-order valence-electron chi connectivity index (χ3n) is 13.2. The molecule has 75 heavy (non-hydrogen) atoms. The molecule has 0 aliphatic carbocycles. The molecule has 0 N–H and O–H groups in total. The average Bonchev–Trinajstić information content (AvgIpc) is 3.41. The maximum atomic E-state index is 12.9. The lowest BCUT2D eigenvalue weighted by Crippen LogP contribution is -2.30. The first kappa shape index (κ1) is 71.1. The van der Waals surface area contributed by atoms with E-state index in [1.54, 1.807) is 0 Å². The van der Waals surface area contributed by atoms with Crippen LogP contribution in [0.4, 0.5) is 0 Å². The number of hydrogen-bond donors (Lipinski definition) is 0. The lowest BCUT2D eigenvalue weighted by Gasteiger charge is -2.18. The summed E-state index contributed by atoms with van der Waals surface area (Å²) in [5.74, 6) is -0.918. The molecule has 0 fully saturated rings. The van der Waals surface area contributed by atoms with Crippen LogP contribution < -0.4 is 0 Å². The van der Waals surface area contributed by atoms with Crippen molar-refractivity contribution >= 4 is 17.9 Å². The largest absolute Gasteiger partial charge is 0.462 e. The summed E-state index contributed by atoms with van der Waals surface area (Å²) in [5.41, 5.74) is 0. The normalized spacial score (nSPS) is 12.8. The highest BCUT2D eigenvalue weighted by Crippen LogP contribution is 2.15. The van der Waals surface area contributed by atoms with Crippen molar-refractivity contribution in [2.75, 3.05) is 13.2 Å². The number of rotatable bonds is 56. The second-order valence-electron chi connectivity index (χ2n) is 20.6. The van der Waals surface area contributed by atoms with Crippen molar-refractivity contribution in [1.29, 1.82) is 0 Å². The Bertz CT molecular complexity index is 1520. The molecule has 0 rings (SSSR count). The summed E-state index contributed by atoms with van der Waals surface area (Å²) in [6.07, 6.45) is 85.1. The minimum atomic E-state index is -0.794. The fourth-order valence-corrected chi connectivity index (χ4v) is 8.53. The maximum absolute atomic E-state index is 12.9. The van der Waals surface area contributed by atoms with E-state index in [0.29, 0.717) is 19.3 Å². The molecule has 0 heterocycles. The van der Waals surface area contributed by atoms with Crippen molar-refractivity contribution < 1.29 is 28.6 Å². The Labute approximate surface area is 463 Å². The summed E-state index contributed by atoms with van der Waals surface area (Å²) in [6, 6.07) is 0. The molecular weight excluding hydrogens is 925 g/mol. The van der Waals surface area contributed by atoms with Crippen molar-refractivity contribution in [2.24, 2.45) is 0 Å². The van der Waals surface area contributed by atoms with Gasteiger partial charge in [0.1, 0.15) is 13.2 Å². The van der Waals surface area contributed by atoms with Gasteiger partial charge in [0.05, 0.1) is 0 Å². The van der Waals surface area contributed by atoms with Gasteiger partial charge in [-0.05, 0) is 128 Å². The van der Waals surface area contributed by atoms with Crippen LogP contribution in [0.25, 0.3) is 0 Å². The number of allylic oxidation sites excluding steroid dienone is 18. The summed E-state index contributed by atoms with van der Waals surface area (Å²) in [6.45, 7) is 6.49. The van der Waals surface area contributed by atoms with Gasteiger partial charge in [-0.3, -0.25) is 14.4 Å². The van der Waals surface area contributed by atoms with Crippen molar-refractivity contribution in [3.8, 4) is 0 Å². The zero-order valence-corrected chi connectivity index (χ0v) is 49.0. The molecule has 0 aromatic heterocycles. The van der Waals surface area contributed by atoms with Gasteiger partial charge < -0.3 is 14.2 Å². The van der Waals surface area contributed by atoms with Crippen LogP contribution in [0, 0.1) is 0 Å². The standard InChI is InChI=1S/C69H116O6/c1-4-7-10-13-16-19-22-25-27-29-30-31-32-33-34-35-36-37-38-40-41-44-47-50-53-56-59-62-68(71)74-65-66(64-73-67(70)61-58-55-52-49-46-43-24-21-18-15-12-9-6-3)75-69(72)63-60-57-54-51-48-45-42-39-28-26-23-20-17-14-11-8-5-2/h7,10,16,19,21,24-28,30-31,33-34,36-37,40-41,66H,4-6,8-9,11-15,17-18,20,22-23,29,32,35,38-39,42-65H2,1-3H3/b10-7-,19-16-,24-21-,27-25-,28-26-,31-30-,34-33-,37-36-,41-40-. The quantitative estimate of drug-likeness (QED) is 0.0261. The highest BCUT2D eigenvalue weighted by Gasteiger charge is 2.19. The number of carbonyl (C=O) groups excluding carboxylic acids is 3. The summed E-state index contributed by atoms with van der Waals surface area (Å²) in [7, 11) is 0. The van der Waals surface area contributed by atoms with Crippen LogP contribution in [0.3, 0.4) is 0 Å². The summed E-state index contributed by atoms with van der Waals surface area (Å²) in [4.78, 5) is 38.3. The van der Waals surface area contributed by atoms with E-state index in [2.05, 4.69) is 130 Å². The van der Waals surface area contributed by atoms with Gasteiger partial charge in [-0.25, -0.2) is 0 Å². The highest BCUT2D eigenvalue weighted by atomic mass is 16.6. The van der Waals surface area contributed by atoms with Crippen LogP contribution in [0.5, 0.6) is 0 Å². The molecule has 0 saturated carbocycles. The molecule has 0 spiro atoms. The molecule has 1 atom stereocenters. The molecular formula is C69H116O6. The Balaban J connectivity index is 4.38. The predicted octanol–water partition coefficient (Wildman–Crippen LogP) is 21.4. The van der Waals surface area contributed by atoms with Crippen molar-refractivity contribution in [3.05, 3.63) is 109 Å². The molecule has 0 radical (unpaired) electrons. The summed E-state index contributed by atoms with van der Waals surface area (Å²) in [5, 5.41) is 0. The smallest absolute Gasteiger partial charge is 0.306 e. The van der Waals surface area contributed by atoms with E-state index in [1.165, 1.54) is 122 Å². The van der Waals surface area contributed by atoms with Crippen LogP contribution in [-0.2, 0) is 28.6 Å². The lowest BCUT2D eigenvalue weighted by molar-refractivity contribution is -0.167. The van der Waals surface area contributed by atoms with Gasteiger partial charge in [-0.1, -0.05) is 252 Å². The fraction of sp³-hybridized carbons (Fsp3) is 0.696. The first-order chi connectivity index (χ1) is 37.0. The molecule has 428 valence electrons. The van der Waals surface area contributed by atoms with Gasteiger partial charge in [0.15, 0.2) is 6.10 Å². The molecule has 0 aliphatic heterocycles. The van der Waals surface area contributed by atoms with Crippen molar-refractivity contribution in [2.45, 2.75) is 297 Å². The minimum absolute atomic E-state index is 0.0906. The van der Waals surface area contributed by atoms with Crippen molar-refractivity contribution in [3.63, 3.8) is 0 Å². The predicted molar refractivity (Wildman–Crippen MR) is 325 cm³/mol. The average molecular weight is 1040 g/mol. The topological polar surface area (TPSA) is 78.9 Å². The van der Waals surface area contributed by atoms with Crippen molar-refractivity contribution in [1.82, 2.24) is 0 Å². The van der Waals surface area contributed by atoms with E-state index in [0.717, 1.165) is 128 Å². The molecule has 0 bridgehead atoms. The van der Waals surface area contributed by atoms with E-state index >= 15 is 0 Å². The van der Waals surface area contributed by atoms with Gasteiger partial charge >= 0.3 is 17.9 Å². The molecule has 0 aliphatic rings. The Morgan fingerprint density at radius 3 is 0.840 bits per heavy atom. The molecule has 0 aromatic rings. The van der Waals surface area contributed by atoms with Crippen LogP contribution in [0.2, 0.25) is 0 Å². The fourth-order valence-electron chi connectivity index (χ4n) is 8.53. The number of unbranched alkanes of at least 4 members (excludes halogenated alkanes) is 27. The number of carbonyl (C=O) groups is 3. The second-order valence-corrected chi connectivity index (χ2v) is 20.6. The Morgan fingerprint density at radius 2 is 0.520 bits per heavy atom. The third-order valence-corrected chi connectivity index (χ3v) is 13.2. The van der Waals surface area contributed by atoms with Gasteiger partial charge in [-0.15, -0.1) is 0 Å². The van der Waals surface area contributed by atoms with E-state index in [-0.39, 0.29) is 31.1 Å². The van der Waals surface area contributed by atoms with Gasteiger partial charge in [-0.2, -0.15) is 0 Å². The second kappa shape index (κ2) is 62.6. The number of ether oxygens (including phenoxy) is 3. The van der Waals surface area contributed by atoms with E-state index < -0.39 is 6.10 Å². The molecule has 6 heteroatoms. The molecule has 0 aromatic carbocycles. The lowest BCUT2D eigenvalue weighted by atomic mass is 10.1. The van der Waals surface area contributed by atoms with Crippen LogP contribution in [0.1, 0.15) is 290 Å². The molecule has 0 amide bonds. The Hall–Kier alpha value is -3.93. The van der Waals surface area contributed by atoms with E-state index in [9.17, 15) is 14.4 Å². The minimum Gasteiger partial charge on any atom is -0.462 e. The Morgan fingerprint density at radius 1 is 0.280 bits per heavy atom. The molecule has 0 saturated heterocycles. The van der Waals surface area contributed by atoms with E-state index in [1.807, 2.05) is 0 Å². The summed E-state index contributed by atoms with van der Waals surface area (Å²) >= 11 is 0. The zero-order chi connectivity index (χ0) is 54.3. The highest BCUT2D eigenvalue weighted by molar-refractivity contribution is 5.71. The molecule has 1 unspecified atom stereocenters. The SMILES string of the molecule is CC/C=C\C/C=C\C/C=C\C/C=C\C/C=C\C/C=C\C/C=C\CCCCCCCC(=O)OCC(COC(=O)CCCCCCC/C=C\CCCCCC)OC(=O)CCCCCCCCC/C=C\CCCCCCCC. The van der Waals surface area contributed by atoms with Gasteiger partial charge in [0, 0.05) is 19.3 Å². The molecule has 6 nitrogen and oxygen atoms in total. The number of esters is 3. The monoisotopic (exact) mass is 1040 g/mol. The third kappa shape index (κ3) is 60.8. The summed E-state index contributed by atoms with van der Waals surface area (Å²) < 4.78 is 16.9. The van der Waals surface area contributed by atoms with Gasteiger partial charge in [0.25, 0.3) is 0 Å². The Kier molecular flexibility index (Phi) is 59.3. The van der Waals surface area contributed by atoms with Crippen LogP contribution in [0.15, 0.2) is 109 Å². The van der Waals surface area contributed by atoms with Gasteiger partial charge in [0.2, 0.25) is 0 Å². The first-order valence-electron chi connectivity index (χ1n) is 31.4. The number of hydrogen-bond acceptors (Lipinski definition) is 6. The first-order valence-corrected chi connectivity index (χ1v) is 31.4. The zero-order valence-electron chi connectivity index (χ0n) is 49.0. The van der Waals surface area contributed by atoms with Crippen LogP contribution >= 0.6 is 0 Å². The van der Waals surface area contributed by atoms with E-state index in [4.69, 9.17) is 14.2 Å². The maximum Gasteiger partial charge on any atom is 0.306 e. The van der Waals surface area contributed by atoms with Crippen LogP contribution in [-0.4, -0.2) is 37.2 Å².